The van der Waals surface area contributed by atoms with E-state index < -0.39 is 0 Å². The maximum Gasteiger partial charge on any atom is 0.150 e. The number of fused-ring (bicyclic) bond motifs is 2. The van der Waals surface area contributed by atoms with Crippen molar-refractivity contribution in [1.82, 2.24) is 9.97 Å². The lowest BCUT2D eigenvalue weighted by Gasteiger charge is -2.13. The van der Waals surface area contributed by atoms with Crippen LogP contribution in [0, 0.1) is 0 Å². The summed E-state index contributed by atoms with van der Waals surface area (Å²) in [5.41, 5.74) is 3.52. The Bertz CT molecular complexity index is 1700. The molecular formula is C31H20N2O3. The van der Waals surface area contributed by atoms with Crippen molar-refractivity contribution in [3.05, 3.63) is 121 Å². The Kier molecular flexibility index (Phi) is 5.56. The van der Waals surface area contributed by atoms with Crippen LogP contribution in [0.5, 0.6) is 23.0 Å². The largest absolute Gasteiger partial charge is 0.457 e. The van der Waals surface area contributed by atoms with Crippen molar-refractivity contribution < 1.29 is 14.3 Å². The highest BCUT2D eigenvalue weighted by molar-refractivity contribution is 5.91. The number of hydrogen-bond donors (Lipinski definition) is 0. The smallest absolute Gasteiger partial charge is 0.150 e. The van der Waals surface area contributed by atoms with Gasteiger partial charge in [-0.1, -0.05) is 42.5 Å². The van der Waals surface area contributed by atoms with Gasteiger partial charge in [0.25, 0.3) is 0 Å². The first-order chi connectivity index (χ1) is 17.8. The highest BCUT2D eigenvalue weighted by atomic mass is 16.5. The molecule has 0 saturated carbocycles. The van der Waals surface area contributed by atoms with E-state index in [4.69, 9.17) is 19.4 Å². The number of pyridine rings is 2. The minimum absolute atomic E-state index is 0.592. The minimum atomic E-state index is 0.592. The van der Waals surface area contributed by atoms with E-state index in [-0.39, 0.29) is 0 Å². The number of hydrogen-bond acceptors (Lipinski definition) is 5. The first-order valence-corrected chi connectivity index (χ1v) is 11.5. The van der Waals surface area contributed by atoms with Gasteiger partial charge in [0.1, 0.15) is 29.3 Å². The molecule has 0 saturated heterocycles. The number of carbonyl (C=O) groups is 1. The molecule has 0 unspecified atom stereocenters. The molecule has 6 aromatic rings. The molecule has 0 atom stereocenters. The van der Waals surface area contributed by atoms with Crippen LogP contribution in [0.1, 0.15) is 10.4 Å². The maximum absolute atomic E-state index is 11.0. The molecule has 0 bridgehead atoms. The van der Waals surface area contributed by atoms with Crippen LogP contribution < -0.4 is 9.47 Å². The Morgan fingerprint density at radius 2 is 1.00 bits per heavy atom. The van der Waals surface area contributed by atoms with Crippen molar-refractivity contribution in [3.63, 3.8) is 0 Å². The summed E-state index contributed by atoms with van der Waals surface area (Å²) >= 11 is 0. The Morgan fingerprint density at radius 1 is 0.528 bits per heavy atom. The number of nitrogens with zero attached hydrogens (tertiary/aromatic N) is 2. The van der Waals surface area contributed by atoms with Gasteiger partial charge in [-0.25, -0.2) is 9.97 Å². The van der Waals surface area contributed by atoms with Crippen molar-refractivity contribution in [2.24, 2.45) is 0 Å². The summed E-state index contributed by atoms with van der Waals surface area (Å²) < 4.78 is 12.5. The second-order valence-corrected chi connectivity index (χ2v) is 8.25. The topological polar surface area (TPSA) is 61.3 Å². The monoisotopic (exact) mass is 468 g/mol. The summed E-state index contributed by atoms with van der Waals surface area (Å²) in [6.45, 7) is 0. The van der Waals surface area contributed by atoms with Crippen molar-refractivity contribution >= 4 is 28.1 Å². The Labute approximate surface area is 207 Å². The van der Waals surface area contributed by atoms with Gasteiger partial charge in [0, 0.05) is 28.5 Å². The fourth-order valence-electron chi connectivity index (χ4n) is 4.08. The average Bonchev–Trinajstić information content (AvgIpc) is 2.94. The van der Waals surface area contributed by atoms with Crippen LogP contribution in [0.2, 0.25) is 0 Å². The molecule has 0 aliphatic rings. The zero-order chi connectivity index (χ0) is 24.3. The van der Waals surface area contributed by atoms with Crippen LogP contribution in [-0.2, 0) is 0 Å². The molecule has 0 amide bonds. The molecule has 0 radical (unpaired) electrons. The van der Waals surface area contributed by atoms with E-state index in [1.54, 1.807) is 24.3 Å². The minimum Gasteiger partial charge on any atom is -0.457 e. The molecule has 0 N–H and O–H groups in total. The number of aldehydes is 1. The van der Waals surface area contributed by atoms with Gasteiger partial charge in [0.05, 0.1) is 22.4 Å². The van der Waals surface area contributed by atoms with Crippen LogP contribution in [0.15, 0.2) is 115 Å². The summed E-state index contributed by atoms with van der Waals surface area (Å²) in [7, 11) is 0. The lowest BCUT2D eigenvalue weighted by atomic mass is 10.1. The molecular weight excluding hydrogens is 448 g/mol. The van der Waals surface area contributed by atoms with Gasteiger partial charge in [-0.3, -0.25) is 4.79 Å². The van der Waals surface area contributed by atoms with E-state index >= 15 is 0 Å². The van der Waals surface area contributed by atoms with Crippen molar-refractivity contribution in [2.45, 2.75) is 0 Å². The van der Waals surface area contributed by atoms with Gasteiger partial charge in [-0.05, 0) is 60.7 Å². The van der Waals surface area contributed by atoms with Crippen LogP contribution in [0.3, 0.4) is 0 Å². The molecule has 0 fully saturated rings. The average molecular weight is 469 g/mol. The summed E-state index contributed by atoms with van der Waals surface area (Å²) in [4.78, 5) is 20.8. The summed E-state index contributed by atoms with van der Waals surface area (Å²) in [5.74, 6) is 2.72. The second-order valence-electron chi connectivity index (χ2n) is 8.25. The standard InChI is InChI=1S/C31H20N2O3/c34-20-21-14-16-23(17-15-21)36-31-19-29(33-27-13-7-5-11-25(27)31)28-18-30(35-22-8-2-1-3-9-22)24-10-4-6-12-26(24)32-28/h1-20H. The van der Waals surface area contributed by atoms with Crippen LogP contribution in [0.4, 0.5) is 0 Å². The lowest BCUT2D eigenvalue weighted by Crippen LogP contribution is -1.95. The molecule has 36 heavy (non-hydrogen) atoms. The molecule has 0 spiro atoms. The highest BCUT2D eigenvalue weighted by Gasteiger charge is 2.14. The number of para-hydroxylation sites is 3. The Balaban J connectivity index is 1.48. The van der Waals surface area contributed by atoms with Gasteiger partial charge in [0.2, 0.25) is 0 Å². The third kappa shape index (κ3) is 4.26. The van der Waals surface area contributed by atoms with Crippen LogP contribution >= 0.6 is 0 Å². The first kappa shape index (κ1) is 21.5. The fourth-order valence-corrected chi connectivity index (χ4v) is 4.08. The van der Waals surface area contributed by atoms with Gasteiger partial charge >= 0.3 is 0 Å². The zero-order valence-electron chi connectivity index (χ0n) is 19.2. The van der Waals surface area contributed by atoms with E-state index in [2.05, 4.69) is 0 Å². The summed E-state index contributed by atoms with van der Waals surface area (Å²) in [5, 5.41) is 1.79. The van der Waals surface area contributed by atoms with E-state index in [9.17, 15) is 4.79 Å². The lowest BCUT2D eigenvalue weighted by molar-refractivity contribution is 0.112. The molecule has 2 aromatic heterocycles. The predicted molar refractivity (Wildman–Crippen MR) is 141 cm³/mol. The first-order valence-electron chi connectivity index (χ1n) is 11.5. The van der Waals surface area contributed by atoms with E-state index in [0.717, 1.165) is 33.8 Å². The predicted octanol–water partition coefficient (Wildman–Crippen LogP) is 7.85. The number of ether oxygens (including phenoxy) is 2. The van der Waals surface area contributed by atoms with E-state index in [0.29, 0.717) is 34.2 Å². The number of rotatable bonds is 6. The molecule has 0 aliphatic carbocycles. The Hall–Kier alpha value is -5.03. The maximum atomic E-state index is 11.0. The zero-order valence-corrected chi connectivity index (χ0v) is 19.2. The summed E-state index contributed by atoms with van der Waals surface area (Å²) in [6.07, 6.45) is 0.810. The molecule has 0 aliphatic heterocycles. The van der Waals surface area contributed by atoms with Crippen LogP contribution in [-0.4, -0.2) is 16.3 Å². The highest BCUT2D eigenvalue weighted by Crippen LogP contribution is 2.36. The van der Waals surface area contributed by atoms with Gasteiger partial charge in [0.15, 0.2) is 0 Å². The molecule has 2 heterocycles. The summed E-state index contributed by atoms with van der Waals surface area (Å²) in [6, 6.07) is 36.2. The van der Waals surface area contributed by atoms with E-state index in [1.807, 2.05) is 91.0 Å². The third-order valence-electron chi connectivity index (χ3n) is 5.83. The number of benzene rings is 4. The van der Waals surface area contributed by atoms with Crippen molar-refractivity contribution in [2.75, 3.05) is 0 Å². The number of carbonyl (C=O) groups excluding carboxylic acids is 1. The molecule has 5 nitrogen and oxygen atoms in total. The van der Waals surface area contributed by atoms with Gasteiger partial charge in [-0.15, -0.1) is 0 Å². The van der Waals surface area contributed by atoms with Gasteiger partial charge in [-0.2, -0.15) is 0 Å². The molecule has 172 valence electrons. The van der Waals surface area contributed by atoms with Crippen molar-refractivity contribution in [1.29, 1.82) is 0 Å². The van der Waals surface area contributed by atoms with E-state index in [1.165, 1.54) is 0 Å². The van der Waals surface area contributed by atoms with Crippen LogP contribution in [0.25, 0.3) is 33.2 Å². The van der Waals surface area contributed by atoms with Gasteiger partial charge < -0.3 is 9.47 Å². The molecule has 5 heteroatoms. The van der Waals surface area contributed by atoms with Crippen molar-refractivity contribution in [3.8, 4) is 34.4 Å². The fraction of sp³-hybridized carbons (Fsp3) is 0. The SMILES string of the molecule is O=Cc1ccc(Oc2cc(-c3cc(Oc4ccccc4)c4ccccc4n3)nc3ccccc23)cc1. The number of aromatic nitrogens is 2. The molecule has 6 rings (SSSR count). The second kappa shape index (κ2) is 9.31. The normalized spacial score (nSPS) is 10.9. The third-order valence-corrected chi connectivity index (χ3v) is 5.83. The Morgan fingerprint density at radius 3 is 1.53 bits per heavy atom. The quantitative estimate of drug-likeness (QED) is 0.233. The molecule has 4 aromatic carbocycles.